The number of rotatable bonds is 7. The first-order valence-electron chi connectivity index (χ1n) is 6.61. The van der Waals surface area contributed by atoms with Crippen LogP contribution < -0.4 is 10.6 Å². The fraction of sp³-hybridized carbons (Fsp3) is 0.143. The molecule has 10 heteroatoms. The second-order valence-electron chi connectivity index (χ2n) is 4.51. The minimum Gasteiger partial charge on any atom is -0.360 e. The van der Waals surface area contributed by atoms with Crippen molar-refractivity contribution in [1.29, 1.82) is 5.53 Å². The number of benzene rings is 1. The third kappa shape index (κ3) is 4.92. The topological polar surface area (TPSA) is 86.0 Å². The van der Waals surface area contributed by atoms with Gasteiger partial charge in [0.1, 0.15) is 5.82 Å². The van der Waals surface area contributed by atoms with Gasteiger partial charge in [-0.25, -0.2) is 28.7 Å². The average molecular weight is 357 g/mol. The molecule has 2 aromatic rings. The highest BCUT2D eigenvalue weighted by molar-refractivity contribution is 6.30. The highest BCUT2D eigenvalue weighted by Crippen LogP contribution is 2.25. The summed E-state index contributed by atoms with van der Waals surface area (Å²) >= 11 is 5.66. The lowest BCUT2D eigenvalue weighted by Gasteiger charge is -2.08. The molecule has 0 aliphatic heterocycles. The van der Waals surface area contributed by atoms with Gasteiger partial charge in [-0.3, -0.25) is 0 Å². The van der Waals surface area contributed by atoms with Gasteiger partial charge in [-0.1, -0.05) is 11.6 Å². The van der Waals surface area contributed by atoms with Crippen LogP contribution in [0.2, 0.25) is 5.02 Å². The molecule has 0 aliphatic rings. The number of halogens is 4. The summed E-state index contributed by atoms with van der Waals surface area (Å²) in [4.78, 5) is 7.83. The quantitative estimate of drug-likeness (QED) is 0.633. The predicted octanol–water partition coefficient (Wildman–Crippen LogP) is 4.60. The van der Waals surface area contributed by atoms with E-state index in [1.165, 1.54) is 24.7 Å². The number of nitrogens with one attached hydrogen (secondary N) is 3. The molecule has 0 fully saturated rings. The molecule has 3 N–H and O–H groups in total. The van der Waals surface area contributed by atoms with E-state index in [0.29, 0.717) is 5.02 Å². The molecule has 0 unspecified atom stereocenters. The molecule has 0 saturated carbocycles. The summed E-state index contributed by atoms with van der Waals surface area (Å²) in [7, 11) is 0. The van der Waals surface area contributed by atoms with Crippen LogP contribution in [0.1, 0.15) is 12.0 Å². The number of aromatic nitrogens is 2. The second-order valence-corrected chi connectivity index (χ2v) is 4.94. The van der Waals surface area contributed by atoms with Crippen LogP contribution in [0, 0.1) is 11.3 Å². The van der Waals surface area contributed by atoms with Crippen LogP contribution in [0.25, 0.3) is 0 Å². The number of anilines is 2. The minimum absolute atomic E-state index is 0.112. The molecule has 1 aromatic heterocycles. The van der Waals surface area contributed by atoms with Gasteiger partial charge >= 0.3 is 0 Å². The summed E-state index contributed by atoms with van der Waals surface area (Å²) in [5.41, 5.74) is 6.89. The molecule has 6 nitrogen and oxygen atoms in total. The molecule has 0 spiro atoms. The monoisotopic (exact) mass is 356 g/mol. The first kappa shape index (κ1) is 17.7. The van der Waals surface area contributed by atoms with E-state index < -0.39 is 17.8 Å². The summed E-state index contributed by atoms with van der Waals surface area (Å²) in [6, 6.07) is 3.23. The van der Waals surface area contributed by atoms with Crippen molar-refractivity contribution in [3.05, 3.63) is 58.9 Å². The Morgan fingerprint density at radius 2 is 2.04 bits per heavy atom. The Bertz CT molecular complexity index is 736. The lowest BCUT2D eigenvalue weighted by atomic mass is 10.2. The van der Waals surface area contributed by atoms with Crippen molar-refractivity contribution in [1.82, 2.24) is 9.97 Å². The van der Waals surface area contributed by atoms with Crippen LogP contribution in [0.3, 0.4) is 0 Å². The Morgan fingerprint density at radius 3 is 2.67 bits per heavy atom. The number of hydrogen-bond acceptors (Lipinski definition) is 6. The summed E-state index contributed by atoms with van der Waals surface area (Å²) in [5.74, 6) is -0.692. The summed E-state index contributed by atoms with van der Waals surface area (Å²) in [6.45, 7) is 0.112. The van der Waals surface area contributed by atoms with Crippen molar-refractivity contribution in [2.45, 2.75) is 6.43 Å². The van der Waals surface area contributed by atoms with Crippen molar-refractivity contribution in [2.75, 3.05) is 17.2 Å². The zero-order valence-corrected chi connectivity index (χ0v) is 12.9. The second kappa shape index (κ2) is 8.25. The maximum atomic E-state index is 13.2. The third-order valence-electron chi connectivity index (χ3n) is 2.83. The zero-order valence-electron chi connectivity index (χ0n) is 12.1. The van der Waals surface area contributed by atoms with Crippen LogP contribution >= 0.6 is 11.6 Å². The molecule has 24 heavy (non-hydrogen) atoms. The van der Waals surface area contributed by atoms with E-state index in [2.05, 4.69) is 25.7 Å². The molecule has 0 aliphatic carbocycles. The van der Waals surface area contributed by atoms with Gasteiger partial charge in [0.2, 0.25) is 5.95 Å². The Balaban J connectivity index is 2.01. The smallest absolute Gasteiger partial charge is 0.266 e. The van der Waals surface area contributed by atoms with Gasteiger partial charge in [0.25, 0.3) is 6.43 Å². The lowest BCUT2D eigenvalue weighted by molar-refractivity contribution is 0.146. The van der Waals surface area contributed by atoms with Crippen molar-refractivity contribution < 1.29 is 13.2 Å². The van der Waals surface area contributed by atoms with Crippen LogP contribution in [0.4, 0.5) is 24.8 Å². The molecule has 126 valence electrons. The number of hydrogen-bond donors (Lipinski definition) is 3. The average Bonchev–Trinajstić information content (AvgIpc) is 2.57. The molecular formula is C14H12ClF3N6. The van der Waals surface area contributed by atoms with Gasteiger partial charge in [-0.2, -0.15) is 5.11 Å². The number of alkyl halides is 2. The van der Waals surface area contributed by atoms with Gasteiger partial charge in [0, 0.05) is 11.9 Å². The van der Waals surface area contributed by atoms with E-state index in [1.807, 2.05) is 0 Å². The fourth-order valence-corrected chi connectivity index (χ4v) is 1.76. The fourth-order valence-electron chi connectivity index (χ4n) is 1.66. The van der Waals surface area contributed by atoms with E-state index in [4.69, 9.17) is 17.1 Å². The van der Waals surface area contributed by atoms with Crippen LogP contribution in [0.15, 0.2) is 47.6 Å². The first-order valence-corrected chi connectivity index (χ1v) is 6.99. The Hall–Kier alpha value is -2.68. The maximum Gasteiger partial charge on any atom is 0.266 e. The molecule has 1 aromatic carbocycles. The van der Waals surface area contributed by atoms with Crippen molar-refractivity contribution in [2.24, 2.45) is 5.11 Å². The summed E-state index contributed by atoms with van der Waals surface area (Å²) < 4.78 is 38.5. The zero-order chi connectivity index (χ0) is 17.5. The normalized spacial score (nSPS) is 11.5. The number of nitrogens with zero attached hydrogens (tertiary/aromatic N) is 3. The molecule has 0 amide bonds. The van der Waals surface area contributed by atoms with E-state index in [0.717, 1.165) is 12.1 Å². The van der Waals surface area contributed by atoms with Gasteiger partial charge in [-0.05, 0) is 18.2 Å². The largest absolute Gasteiger partial charge is 0.360 e. The summed E-state index contributed by atoms with van der Waals surface area (Å²) in [6.07, 6.45) is 1.22. The van der Waals surface area contributed by atoms with Crippen LogP contribution in [-0.4, -0.2) is 16.5 Å². The third-order valence-corrected chi connectivity index (χ3v) is 3.02. The molecule has 0 atom stereocenters. The molecule has 0 saturated heterocycles. The standard InChI is InChI=1S/C14H12ClF3N6/c15-8-4-21-14(22-5-8)23-7-10(24-19)6-20-9-1-2-12(16)11(3-9)13(17)18/h1-6,13,19-20H,7H2,(H,21,22,23)/b10-6-,24-19?. The van der Waals surface area contributed by atoms with E-state index in [1.54, 1.807) is 0 Å². The molecule has 1 heterocycles. The SMILES string of the molecule is N=N/C(=C\Nc1ccc(F)c(C(F)F)c1)CNc1ncc(Cl)cn1. The predicted molar refractivity (Wildman–Crippen MR) is 83.7 cm³/mol. The van der Waals surface area contributed by atoms with Crippen LogP contribution in [0.5, 0.6) is 0 Å². The van der Waals surface area contributed by atoms with E-state index in [9.17, 15) is 13.2 Å². The Kier molecular flexibility index (Phi) is 6.07. The van der Waals surface area contributed by atoms with E-state index in [-0.39, 0.29) is 23.9 Å². The lowest BCUT2D eigenvalue weighted by Crippen LogP contribution is -2.07. The van der Waals surface area contributed by atoms with Crippen molar-refractivity contribution >= 4 is 23.2 Å². The minimum atomic E-state index is -2.92. The molecular weight excluding hydrogens is 345 g/mol. The highest BCUT2D eigenvalue weighted by Gasteiger charge is 2.13. The Labute approximate surface area is 140 Å². The van der Waals surface area contributed by atoms with Gasteiger partial charge in [0.15, 0.2) is 0 Å². The van der Waals surface area contributed by atoms with Gasteiger partial charge in [0.05, 0.1) is 35.2 Å². The highest BCUT2D eigenvalue weighted by atomic mass is 35.5. The van der Waals surface area contributed by atoms with Gasteiger partial charge < -0.3 is 10.6 Å². The summed E-state index contributed by atoms with van der Waals surface area (Å²) in [5, 5.41) is 9.18. The molecule has 2 rings (SSSR count). The Morgan fingerprint density at radius 1 is 1.33 bits per heavy atom. The molecule has 0 radical (unpaired) electrons. The van der Waals surface area contributed by atoms with Gasteiger partial charge in [-0.15, -0.1) is 0 Å². The van der Waals surface area contributed by atoms with Crippen LogP contribution in [-0.2, 0) is 0 Å². The molecule has 0 bridgehead atoms. The first-order chi connectivity index (χ1) is 11.5. The van der Waals surface area contributed by atoms with E-state index >= 15 is 0 Å². The van der Waals surface area contributed by atoms with Crippen molar-refractivity contribution in [3.8, 4) is 0 Å². The maximum absolute atomic E-state index is 13.2. The van der Waals surface area contributed by atoms with Crippen molar-refractivity contribution in [3.63, 3.8) is 0 Å².